The Morgan fingerprint density at radius 2 is 2.17 bits per heavy atom. The van der Waals surface area contributed by atoms with Crippen molar-refractivity contribution in [2.45, 2.75) is 39.7 Å². The van der Waals surface area contributed by atoms with Gasteiger partial charge in [0.05, 0.1) is 0 Å². The van der Waals surface area contributed by atoms with Gasteiger partial charge >= 0.3 is 0 Å². The van der Waals surface area contributed by atoms with Crippen LogP contribution < -0.4 is 5.32 Å². The molecule has 2 fully saturated rings. The number of rotatable bonds is 5. The number of aromatic nitrogens is 2. The van der Waals surface area contributed by atoms with Crippen LogP contribution >= 0.6 is 0 Å². The molecule has 3 rings (SSSR count). The first-order chi connectivity index (χ1) is 11.2. The maximum atomic E-state index is 5.00. The Kier molecular flexibility index (Phi) is 5.48. The van der Waals surface area contributed by atoms with Crippen molar-refractivity contribution < 1.29 is 4.52 Å². The fraction of sp³-hybridized carbons (Fsp3) is 0.812. The molecule has 128 valence electrons. The Bertz CT molecular complexity index is 522. The summed E-state index contributed by atoms with van der Waals surface area (Å²) in [4.78, 5) is 13.9. The summed E-state index contributed by atoms with van der Waals surface area (Å²) in [6.45, 7) is 11.2. The molecule has 7 nitrogen and oxygen atoms in total. The molecule has 2 aliphatic rings. The van der Waals surface area contributed by atoms with Gasteiger partial charge < -0.3 is 19.6 Å². The predicted molar refractivity (Wildman–Crippen MR) is 89.2 cm³/mol. The van der Waals surface area contributed by atoms with E-state index in [1.54, 1.807) is 6.92 Å². The van der Waals surface area contributed by atoms with Gasteiger partial charge in [0.15, 0.2) is 11.8 Å². The molecular weight excluding hydrogens is 292 g/mol. The Balaban J connectivity index is 1.55. The molecule has 1 atom stereocenters. The fourth-order valence-corrected chi connectivity index (χ4v) is 3.48. The normalized spacial score (nSPS) is 23.0. The lowest BCUT2D eigenvalue weighted by molar-refractivity contribution is 0.281. The predicted octanol–water partition coefficient (Wildman–Crippen LogP) is 1.26. The second-order valence-electron chi connectivity index (χ2n) is 6.51. The number of aliphatic imine (C=N–C) groups is 1. The van der Waals surface area contributed by atoms with Crippen molar-refractivity contribution >= 4 is 5.96 Å². The van der Waals surface area contributed by atoms with E-state index in [1.165, 1.54) is 38.9 Å². The minimum absolute atomic E-state index is 0.465. The first-order valence-corrected chi connectivity index (χ1v) is 8.79. The van der Waals surface area contributed by atoms with Crippen LogP contribution in [0.1, 0.15) is 37.9 Å². The summed E-state index contributed by atoms with van der Waals surface area (Å²) >= 11 is 0. The highest BCUT2D eigenvalue weighted by molar-refractivity contribution is 5.80. The topological polar surface area (TPSA) is 69.8 Å². The van der Waals surface area contributed by atoms with Crippen LogP contribution in [0.2, 0.25) is 0 Å². The molecule has 0 aliphatic carbocycles. The van der Waals surface area contributed by atoms with Crippen molar-refractivity contribution in [3.63, 3.8) is 0 Å². The molecule has 0 radical (unpaired) electrons. The lowest BCUT2D eigenvalue weighted by Crippen LogP contribution is -2.40. The summed E-state index contributed by atoms with van der Waals surface area (Å²) in [6.07, 6.45) is 3.98. The van der Waals surface area contributed by atoms with E-state index in [9.17, 15) is 0 Å². The Morgan fingerprint density at radius 3 is 2.87 bits per heavy atom. The quantitative estimate of drug-likeness (QED) is 0.651. The average molecular weight is 320 g/mol. The molecule has 1 aromatic rings. The molecule has 1 unspecified atom stereocenters. The van der Waals surface area contributed by atoms with Crippen LogP contribution in [0.5, 0.6) is 0 Å². The monoisotopic (exact) mass is 320 g/mol. The minimum atomic E-state index is 0.465. The molecule has 0 aromatic carbocycles. The third-order valence-electron chi connectivity index (χ3n) is 4.58. The van der Waals surface area contributed by atoms with Crippen molar-refractivity contribution in [3.8, 4) is 0 Å². The molecule has 23 heavy (non-hydrogen) atoms. The largest absolute Gasteiger partial charge is 0.357 e. The van der Waals surface area contributed by atoms with Gasteiger partial charge in [-0.3, -0.25) is 0 Å². The number of hydrogen-bond acceptors (Lipinski definition) is 5. The molecule has 2 saturated heterocycles. The standard InChI is InChI=1S/C16H28N6O/c1-3-17-16(18-10-15-19-13(2)23-20-15)22-9-6-14(12-22)11-21-7-4-5-8-21/h14H,3-12H2,1-2H3,(H,17,18). The lowest BCUT2D eigenvalue weighted by atomic mass is 10.1. The van der Waals surface area contributed by atoms with Crippen molar-refractivity contribution in [1.29, 1.82) is 0 Å². The van der Waals surface area contributed by atoms with E-state index in [0.717, 1.165) is 31.5 Å². The van der Waals surface area contributed by atoms with E-state index >= 15 is 0 Å². The highest BCUT2D eigenvalue weighted by Gasteiger charge is 2.27. The van der Waals surface area contributed by atoms with Crippen LogP contribution in [0.25, 0.3) is 0 Å². The van der Waals surface area contributed by atoms with E-state index in [1.807, 2.05) is 0 Å². The van der Waals surface area contributed by atoms with E-state index in [4.69, 9.17) is 4.52 Å². The molecule has 1 aromatic heterocycles. The van der Waals surface area contributed by atoms with Crippen LogP contribution in [0, 0.1) is 12.8 Å². The Hall–Kier alpha value is -1.63. The van der Waals surface area contributed by atoms with Gasteiger partial charge in [-0.25, -0.2) is 4.99 Å². The minimum Gasteiger partial charge on any atom is -0.357 e. The number of nitrogens with one attached hydrogen (secondary N) is 1. The van der Waals surface area contributed by atoms with Crippen LogP contribution in [-0.2, 0) is 6.54 Å². The van der Waals surface area contributed by atoms with Crippen LogP contribution in [0.15, 0.2) is 9.52 Å². The van der Waals surface area contributed by atoms with Crippen LogP contribution in [0.3, 0.4) is 0 Å². The molecule has 0 saturated carbocycles. The highest BCUT2D eigenvalue weighted by atomic mass is 16.5. The SMILES string of the molecule is CCNC(=NCc1noc(C)n1)N1CCC(CN2CCCC2)C1. The second kappa shape index (κ2) is 7.77. The van der Waals surface area contributed by atoms with Crippen LogP contribution in [-0.4, -0.2) is 65.2 Å². The van der Waals surface area contributed by atoms with Crippen molar-refractivity contribution in [2.24, 2.45) is 10.9 Å². The zero-order valence-electron chi connectivity index (χ0n) is 14.3. The average Bonchev–Trinajstić information content (AvgIpc) is 3.27. The first-order valence-electron chi connectivity index (χ1n) is 8.79. The maximum absolute atomic E-state index is 5.00. The zero-order valence-corrected chi connectivity index (χ0v) is 14.3. The van der Waals surface area contributed by atoms with Gasteiger partial charge in [0.1, 0.15) is 6.54 Å². The Labute approximate surface area is 138 Å². The molecule has 7 heteroatoms. The van der Waals surface area contributed by atoms with Crippen molar-refractivity contribution in [3.05, 3.63) is 11.7 Å². The summed E-state index contributed by atoms with van der Waals surface area (Å²) in [7, 11) is 0. The third kappa shape index (κ3) is 4.43. The number of aryl methyl sites for hydroxylation is 1. The summed E-state index contributed by atoms with van der Waals surface area (Å²) in [5, 5.41) is 7.30. The molecular formula is C16H28N6O. The maximum Gasteiger partial charge on any atom is 0.223 e. The van der Waals surface area contributed by atoms with E-state index in [0.29, 0.717) is 18.3 Å². The zero-order chi connectivity index (χ0) is 16.1. The molecule has 0 amide bonds. The van der Waals surface area contributed by atoms with Gasteiger partial charge in [0.2, 0.25) is 5.89 Å². The van der Waals surface area contributed by atoms with Crippen molar-refractivity contribution in [1.82, 2.24) is 25.3 Å². The summed E-state index contributed by atoms with van der Waals surface area (Å²) < 4.78 is 5.00. The molecule has 2 aliphatic heterocycles. The van der Waals surface area contributed by atoms with Gasteiger partial charge in [-0.2, -0.15) is 4.98 Å². The second-order valence-corrected chi connectivity index (χ2v) is 6.51. The van der Waals surface area contributed by atoms with Crippen LogP contribution in [0.4, 0.5) is 0 Å². The number of likely N-dealkylation sites (tertiary alicyclic amines) is 2. The molecule has 1 N–H and O–H groups in total. The summed E-state index contributed by atoms with van der Waals surface area (Å²) in [6, 6.07) is 0. The summed E-state index contributed by atoms with van der Waals surface area (Å²) in [5.74, 6) is 2.96. The molecule has 0 spiro atoms. The smallest absolute Gasteiger partial charge is 0.223 e. The van der Waals surface area contributed by atoms with Gasteiger partial charge in [-0.05, 0) is 45.2 Å². The van der Waals surface area contributed by atoms with Gasteiger partial charge in [-0.1, -0.05) is 5.16 Å². The highest BCUT2D eigenvalue weighted by Crippen LogP contribution is 2.20. The van der Waals surface area contributed by atoms with Gasteiger partial charge in [-0.15, -0.1) is 0 Å². The summed E-state index contributed by atoms with van der Waals surface area (Å²) in [5.41, 5.74) is 0. The van der Waals surface area contributed by atoms with Gasteiger partial charge in [0.25, 0.3) is 0 Å². The number of nitrogens with zero attached hydrogens (tertiary/aromatic N) is 5. The first kappa shape index (κ1) is 16.2. The lowest BCUT2D eigenvalue weighted by Gasteiger charge is -2.23. The number of guanidine groups is 1. The Morgan fingerprint density at radius 1 is 1.35 bits per heavy atom. The van der Waals surface area contributed by atoms with Crippen molar-refractivity contribution in [2.75, 3.05) is 39.3 Å². The number of hydrogen-bond donors (Lipinski definition) is 1. The molecule has 3 heterocycles. The van der Waals surface area contributed by atoms with E-state index < -0.39 is 0 Å². The van der Waals surface area contributed by atoms with E-state index in [2.05, 4.69) is 37.2 Å². The third-order valence-corrected chi connectivity index (χ3v) is 4.58. The van der Waals surface area contributed by atoms with Gasteiger partial charge in [0, 0.05) is 33.1 Å². The fourth-order valence-electron chi connectivity index (χ4n) is 3.48. The molecule has 0 bridgehead atoms. The van der Waals surface area contributed by atoms with E-state index in [-0.39, 0.29) is 0 Å².